The summed E-state index contributed by atoms with van der Waals surface area (Å²) in [5.74, 6) is 0.581. The summed E-state index contributed by atoms with van der Waals surface area (Å²) in [7, 11) is 0. The van der Waals surface area contributed by atoms with E-state index in [1.807, 2.05) is 27.7 Å². The van der Waals surface area contributed by atoms with Gasteiger partial charge in [-0.05, 0) is 13.8 Å². The molecule has 1 saturated carbocycles. The Hall–Kier alpha value is -1.35. The van der Waals surface area contributed by atoms with E-state index in [4.69, 9.17) is 20.4 Å². The van der Waals surface area contributed by atoms with Crippen LogP contribution in [0.3, 0.4) is 0 Å². The van der Waals surface area contributed by atoms with E-state index in [1.165, 1.54) is 38.5 Å². The smallest absolute Gasteiger partial charge is 0.533 e. The molecule has 0 saturated heterocycles. The van der Waals surface area contributed by atoms with Gasteiger partial charge >= 0.3 is 21.1 Å². The Morgan fingerprint density at radius 1 is 0.581 bits per heavy atom. The summed E-state index contributed by atoms with van der Waals surface area (Å²) < 4.78 is 0. The molecule has 4 N–H and O–H groups in total. The van der Waals surface area contributed by atoms with Crippen molar-refractivity contribution in [2.24, 2.45) is 0 Å². The van der Waals surface area contributed by atoms with Gasteiger partial charge in [0.2, 0.25) is 0 Å². The van der Waals surface area contributed by atoms with Gasteiger partial charge in [-0.3, -0.25) is 0 Å². The molecule has 4 nitrogen and oxygen atoms in total. The second kappa shape index (κ2) is 42.7. The summed E-state index contributed by atoms with van der Waals surface area (Å²) in [5, 5.41) is 32.4. The quantitative estimate of drug-likeness (QED) is 0.250. The molecule has 0 amide bonds. The van der Waals surface area contributed by atoms with E-state index in [0.29, 0.717) is 11.5 Å². The summed E-state index contributed by atoms with van der Waals surface area (Å²) in [6.45, 7) is 11.9. The van der Waals surface area contributed by atoms with Crippen LogP contribution in [0, 0.1) is 12.1 Å². The third-order valence-electron chi connectivity index (χ3n) is 2.90. The Kier molecular flexibility index (Phi) is 55.2. The van der Waals surface area contributed by atoms with Crippen LogP contribution in [-0.2, 0) is 21.1 Å². The number of hydrogen-bond acceptors (Lipinski definition) is 4. The van der Waals surface area contributed by atoms with Crippen molar-refractivity contribution in [1.29, 1.82) is 0 Å². The largest absolute Gasteiger partial charge is 2.00 e. The number of benzene rings is 2. The van der Waals surface area contributed by atoms with Crippen molar-refractivity contribution >= 4 is 0 Å². The van der Waals surface area contributed by atoms with Crippen LogP contribution in [0.25, 0.3) is 0 Å². The third-order valence-corrected chi connectivity index (χ3v) is 2.90. The van der Waals surface area contributed by atoms with Crippen molar-refractivity contribution in [3.63, 3.8) is 0 Å². The van der Waals surface area contributed by atoms with Gasteiger partial charge in [-0.25, -0.2) is 0 Å². The molecular formula is C26H46O4W. The van der Waals surface area contributed by atoms with Crippen LogP contribution < -0.4 is 0 Å². The zero-order valence-electron chi connectivity index (χ0n) is 20.5. The molecule has 3 rings (SSSR count). The number of aliphatic hydroxyl groups is 2. The Labute approximate surface area is 206 Å². The van der Waals surface area contributed by atoms with Gasteiger partial charge < -0.3 is 20.4 Å². The van der Waals surface area contributed by atoms with E-state index in [-0.39, 0.29) is 34.3 Å². The van der Waals surface area contributed by atoms with Crippen LogP contribution in [-0.4, -0.2) is 33.6 Å². The number of hydrogen-bond donors (Lipinski definition) is 4. The summed E-state index contributed by atoms with van der Waals surface area (Å²) in [5.41, 5.74) is 0. The van der Waals surface area contributed by atoms with E-state index in [0.717, 1.165) is 0 Å². The normalized spacial score (nSPS) is 10.1. The molecule has 0 unspecified atom stereocenters. The van der Waals surface area contributed by atoms with Crippen molar-refractivity contribution in [2.45, 2.75) is 80.1 Å². The summed E-state index contributed by atoms with van der Waals surface area (Å²) in [6, 6.07) is 18.5. The Morgan fingerprint density at radius 2 is 0.742 bits per heavy atom. The van der Waals surface area contributed by atoms with Crippen LogP contribution in [0.15, 0.2) is 48.5 Å². The molecular weight excluding hydrogens is 560 g/mol. The maximum Gasteiger partial charge on any atom is 2.00 e. The molecule has 0 radical (unpaired) electrons. The SMILES string of the molecule is C1CCCCC1.CC.CC.CCO.CCO.Oc1cc[c-]cc1.Oc1cc[c-]cc1.[W+2]. The molecule has 31 heavy (non-hydrogen) atoms. The minimum atomic E-state index is 0. The van der Waals surface area contributed by atoms with Crippen LogP contribution in [0.5, 0.6) is 11.5 Å². The summed E-state index contributed by atoms with van der Waals surface area (Å²) >= 11 is 0. The zero-order valence-corrected chi connectivity index (χ0v) is 23.4. The van der Waals surface area contributed by atoms with Crippen molar-refractivity contribution in [3.05, 3.63) is 60.7 Å². The van der Waals surface area contributed by atoms with Crippen molar-refractivity contribution in [1.82, 2.24) is 0 Å². The molecule has 0 aromatic heterocycles. The molecule has 0 heterocycles. The predicted molar refractivity (Wildman–Crippen MR) is 130 cm³/mol. The maximum absolute atomic E-state index is 8.61. The molecule has 1 aliphatic carbocycles. The average Bonchev–Trinajstić information content (AvgIpc) is 2.81. The number of aliphatic hydroxyl groups excluding tert-OH is 2. The molecule has 0 atom stereocenters. The van der Waals surface area contributed by atoms with E-state index in [2.05, 4.69) is 12.1 Å². The van der Waals surface area contributed by atoms with Gasteiger partial charge in [0.05, 0.1) is 0 Å². The fourth-order valence-electron chi connectivity index (χ4n) is 1.82. The van der Waals surface area contributed by atoms with Gasteiger partial charge in [0, 0.05) is 24.7 Å². The monoisotopic (exact) mass is 606 g/mol. The standard InChI is InChI=1S/2C6H5O.C6H12.2C2H6O.2C2H6.W/c2*7-6-4-2-1-3-5-6;1-2-4-6-5-3-1;2*1-2-3;2*1-2;/h2*2-5,7H;1-6H2;2*3H,2H2,1H3;2*1-2H3;/q2*-1;;;;;;+2. The minimum absolute atomic E-state index is 0. The van der Waals surface area contributed by atoms with Crippen LogP contribution >= 0.6 is 0 Å². The molecule has 5 heteroatoms. The fourth-order valence-corrected chi connectivity index (χ4v) is 1.82. The first-order valence-electron chi connectivity index (χ1n) is 11.1. The van der Waals surface area contributed by atoms with E-state index < -0.39 is 0 Å². The maximum atomic E-state index is 8.61. The van der Waals surface area contributed by atoms with Crippen LogP contribution in [0.1, 0.15) is 80.1 Å². The Balaban J connectivity index is -0.0000000897. The Morgan fingerprint density at radius 3 is 0.839 bits per heavy atom. The average molecular weight is 606 g/mol. The summed E-state index contributed by atoms with van der Waals surface area (Å²) in [6.07, 6.45) is 9.00. The first-order chi connectivity index (χ1) is 14.6. The number of aromatic hydroxyl groups is 2. The molecule has 0 bridgehead atoms. The van der Waals surface area contributed by atoms with Crippen molar-refractivity contribution in [2.75, 3.05) is 13.2 Å². The van der Waals surface area contributed by atoms with Gasteiger partial charge in [-0.2, -0.15) is 36.4 Å². The van der Waals surface area contributed by atoms with E-state index in [1.54, 1.807) is 62.4 Å². The van der Waals surface area contributed by atoms with Gasteiger partial charge in [-0.15, -0.1) is 24.3 Å². The predicted octanol–water partition coefficient (Wildman–Crippen LogP) is 6.77. The minimum Gasteiger partial charge on any atom is -0.533 e. The van der Waals surface area contributed by atoms with Gasteiger partial charge in [0.25, 0.3) is 0 Å². The molecule has 1 fully saturated rings. The number of rotatable bonds is 0. The fraction of sp³-hybridized carbons (Fsp3) is 0.538. The zero-order chi connectivity index (χ0) is 23.9. The summed E-state index contributed by atoms with van der Waals surface area (Å²) in [4.78, 5) is 0. The van der Waals surface area contributed by atoms with E-state index in [9.17, 15) is 0 Å². The number of phenols is 2. The van der Waals surface area contributed by atoms with Gasteiger partial charge in [-0.1, -0.05) is 66.2 Å². The number of phenolic OH excluding ortho intramolecular Hbond substituents is 2. The molecule has 2 aromatic rings. The Bertz CT molecular complexity index is 412. The first-order valence-corrected chi connectivity index (χ1v) is 11.1. The third kappa shape index (κ3) is 47.7. The molecule has 180 valence electrons. The molecule has 2 aromatic carbocycles. The van der Waals surface area contributed by atoms with Crippen LogP contribution in [0.2, 0.25) is 0 Å². The van der Waals surface area contributed by atoms with E-state index >= 15 is 0 Å². The topological polar surface area (TPSA) is 80.9 Å². The second-order valence-corrected chi connectivity index (χ2v) is 5.27. The van der Waals surface area contributed by atoms with Gasteiger partial charge in [0.1, 0.15) is 0 Å². The van der Waals surface area contributed by atoms with Crippen LogP contribution in [0.4, 0.5) is 0 Å². The van der Waals surface area contributed by atoms with Gasteiger partial charge in [0.15, 0.2) is 0 Å². The first kappa shape index (κ1) is 40.1. The van der Waals surface area contributed by atoms with Crippen molar-refractivity contribution in [3.8, 4) is 11.5 Å². The molecule has 0 spiro atoms. The molecule has 1 aliphatic rings. The molecule has 0 aliphatic heterocycles. The van der Waals surface area contributed by atoms with Crippen molar-refractivity contribution < 1.29 is 41.5 Å². The second-order valence-electron chi connectivity index (χ2n) is 5.27.